The van der Waals surface area contributed by atoms with Crippen LogP contribution in [0.3, 0.4) is 0 Å². The molecule has 0 unspecified atom stereocenters. The number of anilines is 1. The van der Waals surface area contributed by atoms with E-state index in [1.165, 1.54) is 5.56 Å². The molecule has 0 saturated carbocycles. The molecule has 2 aromatic rings. The molecule has 1 aliphatic heterocycles. The summed E-state index contributed by atoms with van der Waals surface area (Å²) in [6.45, 7) is 6.91. The van der Waals surface area contributed by atoms with Crippen LogP contribution in [0.15, 0.2) is 30.3 Å². The first-order valence-corrected chi connectivity index (χ1v) is 8.44. The highest BCUT2D eigenvalue weighted by atomic mass is 15.2. The van der Waals surface area contributed by atoms with Gasteiger partial charge in [-0.25, -0.2) is 0 Å². The van der Waals surface area contributed by atoms with Crippen LogP contribution in [0.4, 0.5) is 5.82 Å². The summed E-state index contributed by atoms with van der Waals surface area (Å²) in [7, 11) is 0. The van der Waals surface area contributed by atoms with Gasteiger partial charge in [-0.15, -0.1) is 5.10 Å². The van der Waals surface area contributed by atoms with Gasteiger partial charge in [0.25, 0.3) is 0 Å². The van der Waals surface area contributed by atoms with Gasteiger partial charge in [0.1, 0.15) is 11.6 Å². The van der Waals surface area contributed by atoms with Crippen LogP contribution in [-0.2, 0) is 6.54 Å². The molecule has 0 bridgehead atoms. The van der Waals surface area contributed by atoms with Crippen molar-refractivity contribution in [3.05, 3.63) is 52.7 Å². The number of likely N-dealkylation sites (tertiary alicyclic amines) is 1. The Labute approximate surface area is 143 Å². The van der Waals surface area contributed by atoms with Crippen LogP contribution in [0.25, 0.3) is 0 Å². The van der Waals surface area contributed by atoms with Crippen LogP contribution >= 0.6 is 0 Å². The monoisotopic (exact) mass is 321 g/mol. The lowest BCUT2D eigenvalue weighted by Crippen LogP contribution is -2.39. The predicted octanol–water partition coefficient (Wildman–Crippen LogP) is 3.04. The van der Waals surface area contributed by atoms with E-state index in [-0.39, 0.29) is 0 Å². The molecule has 1 aromatic heterocycles. The summed E-state index contributed by atoms with van der Waals surface area (Å²) < 4.78 is 0. The van der Waals surface area contributed by atoms with Crippen molar-refractivity contribution in [3.8, 4) is 6.07 Å². The summed E-state index contributed by atoms with van der Waals surface area (Å²) in [5, 5.41) is 21.2. The fourth-order valence-electron chi connectivity index (χ4n) is 3.12. The molecular weight excluding hydrogens is 298 g/mol. The second kappa shape index (κ2) is 7.41. The van der Waals surface area contributed by atoms with Gasteiger partial charge in [-0.3, -0.25) is 4.90 Å². The summed E-state index contributed by atoms with van der Waals surface area (Å²) in [6, 6.07) is 13.2. The van der Waals surface area contributed by atoms with E-state index in [4.69, 9.17) is 0 Å². The first-order chi connectivity index (χ1) is 11.7. The number of hydrogen-bond donors (Lipinski definition) is 1. The van der Waals surface area contributed by atoms with Crippen LogP contribution in [-0.4, -0.2) is 34.2 Å². The summed E-state index contributed by atoms with van der Waals surface area (Å²) in [5.41, 5.74) is 3.70. The Balaban J connectivity index is 1.58. The number of rotatable bonds is 4. The van der Waals surface area contributed by atoms with Crippen molar-refractivity contribution in [2.45, 2.75) is 39.3 Å². The predicted molar refractivity (Wildman–Crippen MR) is 94.6 cm³/mol. The van der Waals surface area contributed by atoms with Crippen LogP contribution < -0.4 is 5.32 Å². The molecule has 5 nitrogen and oxygen atoms in total. The van der Waals surface area contributed by atoms with Gasteiger partial charge in [0, 0.05) is 25.7 Å². The largest absolute Gasteiger partial charge is 0.365 e. The van der Waals surface area contributed by atoms with E-state index in [0.29, 0.717) is 17.4 Å². The molecule has 2 heterocycles. The Morgan fingerprint density at radius 1 is 1.17 bits per heavy atom. The zero-order chi connectivity index (χ0) is 16.9. The van der Waals surface area contributed by atoms with Crippen molar-refractivity contribution in [3.63, 3.8) is 0 Å². The van der Waals surface area contributed by atoms with E-state index >= 15 is 0 Å². The number of hydrogen-bond acceptors (Lipinski definition) is 5. The standard InChI is InChI=1S/C19H23N5/c1-14-15(2)22-23-19(18(14)12-20)21-17-8-10-24(11-9-17)13-16-6-4-3-5-7-16/h3-7,17H,8-11,13H2,1-2H3,(H,21,23). The van der Waals surface area contributed by atoms with Crippen LogP contribution in [0.1, 0.15) is 35.2 Å². The first-order valence-electron chi connectivity index (χ1n) is 8.44. The van der Waals surface area contributed by atoms with Crippen molar-refractivity contribution in [2.24, 2.45) is 0 Å². The Hall–Kier alpha value is -2.45. The minimum atomic E-state index is 0.348. The molecule has 24 heavy (non-hydrogen) atoms. The van der Waals surface area contributed by atoms with Crippen LogP contribution in [0, 0.1) is 25.2 Å². The SMILES string of the molecule is Cc1nnc(NC2CCN(Cc3ccccc3)CC2)c(C#N)c1C. The molecule has 1 saturated heterocycles. The topological polar surface area (TPSA) is 64.8 Å². The number of piperidine rings is 1. The number of nitriles is 1. The second-order valence-corrected chi connectivity index (χ2v) is 6.43. The van der Waals surface area contributed by atoms with E-state index in [9.17, 15) is 5.26 Å². The lowest BCUT2D eigenvalue weighted by Gasteiger charge is -2.32. The summed E-state index contributed by atoms with van der Waals surface area (Å²) in [6.07, 6.45) is 2.10. The van der Waals surface area contributed by atoms with Gasteiger partial charge in [0.05, 0.1) is 5.69 Å². The maximum atomic E-state index is 9.39. The van der Waals surface area contributed by atoms with Crippen molar-refractivity contribution in [2.75, 3.05) is 18.4 Å². The Morgan fingerprint density at radius 2 is 1.88 bits per heavy atom. The van der Waals surface area contributed by atoms with Crippen LogP contribution in [0.2, 0.25) is 0 Å². The number of nitrogens with one attached hydrogen (secondary N) is 1. The first kappa shape index (κ1) is 16.4. The molecule has 1 aliphatic rings. The Morgan fingerprint density at radius 3 is 2.54 bits per heavy atom. The average molecular weight is 321 g/mol. The average Bonchev–Trinajstić information content (AvgIpc) is 2.61. The molecule has 1 N–H and O–H groups in total. The van der Waals surface area contributed by atoms with Gasteiger partial charge in [-0.2, -0.15) is 10.4 Å². The fraction of sp³-hybridized carbons (Fsp3) is 0.421. The fourth-order valence-corrected chi connectivity index (χ4v) is 3.12. The molecule has 124 valence electrons. The van der Waals surface area contributed by atoms with E-state index < -0.39 is 0 Å². The summed E-state index contributed by atoms with van der Waals surface area (Å²) in [5.74, 6) is 0.627. The number of aromatic nitrogens is 2. The maximum Gasteiger partial charge on any atom is 0.167 e. The Bertz CT molecular complexity index is 727. The molecule has 3 rings (SSSR count). The van der Waals surface area contributed by atoms with Gasteiger partial charge in [0.15, 0.2) is 5.82 Å². The van der Waals surface area contributed by atoms with Gasteiger partial charge in [-0.05, 0) is 37.8 Å². The highest BCUT2D eigenvalue weighted by Crippen LogP contribution is 2.21. The quantitative estimate of drug-likeness (QED) is 0.937. The molecule has 1 aromatic carbocycles. The molecular formula is C19H23N5. The number of aryl methyl sites for hydroxylation is 1. The minimum absolute atomic E-state index is 0.348. The van der Waals surface area contributed by atoms with Gasteiger partial charge in [0.2, 0.25) is 0 Å². The van der Waals surface area contributed by atoms with Crippen molar-refractivity contribution >= 4 is 5.82 Å². The lowest BCUT2D eigenvalue weighted by molar-refractivity contribution is 0.211. The van der Waals surface area contributed by atoms with Gasteiger partial charge < -0.3 is 5.32 Å². The number of benzene rings is 1. The van der Waals surface area contributed by atoms with Gasteiger partial charge in [-0.1, -0.05) is 30.3 Å². The van der Waals surface area contributed by atoms with Crippen molar-refractivity contribution in [1.29, 1.82) is 5.26 Å². The smallest absolute Gasteiger partial charge is 0.167 e. The summed E-state index contributed by atoms with van der Waals surface area (Å²) >= 11 is 0. The molecule has 0 aliphatic carbocycles. The third-order valence-electron chi connectivity index (χ3n) is 4.74. The van der Waals surface area contributed by atoms with E-state index in [1.807, 2.05) is 13.8 Å². The molecule has 0 spiro atoms. The second-order valence-electron chi connectivity index (χ2n) is 6.43. The molecule has 0 radical (unpaired) electrons. The zero-order valence-electron chi connectivity index (χ0n) is 14.3. The van der Waals surface area contributed by atoms with Crippen molar-refractivity contribution < 1.29 is 0 Å². The van der Waals surface area contributed by atoms with Gasteiger partial charge >= 0.3 is 0 Å². The molecule has 0 amide bonds. The summed E-state index contributed by atoms with van der Waals surface area (Å²) in [4.78, 5) is 2.48. The van der Waals surface area contributed by atoms with E-state index in [2.05, 4.69) is 56.8 Å². The highest BCUT2D eigenvalue weighted by Gasteiger charge is 2.21. The van der Waals surface area contributed by atoms with Crippen molar-refractivity contribution in [1.82, 2.24) is 15.1 Å². The lowest BCUT2D eigenvalue weighted by atomic mass is 10.0. The number of nitrogens with zero attached hydrogens (tertiary/aromatic N) is 4. The molecule has 1 fully saturated rings. The molecule has 0 atom stereocenters. The highest BCUT2D eigenvalue weighted by molar-refractivity contribution is 5.56. The zero-order valence-corrected chi connectivity index (χ0v) is 14.3. The third-order valence-corrected chi connectivity index (χ3v) is 4.74. The van der Waals surface area contributed by atoms with E-state index in [1.54, 1.807) is 0 Å². The Kier molecular flexibility index (Phi) is 5.07. The normalized spacial score (nSPS) is 15.9. The maximum absolute atomic E-state index is 9.39. The van der Waals surface area contributed by atoms with Crippen LogP contribution in [0.5, 0.6) is 0 Å². The minimum Gasteiger partial charge on any atom is -0.365 e. The molecule has 5 heteroatoms. The van der Waals surface area contributed by atoms with E-state index in [0.717, 1.165) is 43.7 Å². The third kappa shape index (κ3) is 3.72.